The van der Waals surface area contributed by atoms with E-state index < -0.39 is 0 Å². The second-order valence-electron chi connectivity index (χ2n) is 4.35. The molecule has 5 heteroatoms. The normalized spacial score (nSPS) is 14.3. The number of aromatic nitrogens is 1. The second-order valence-corrected chi connectivity index (χ2v) is 7.61. The minimum Gasteiger partial charge on any atom is -0.309 e. The maximum absolute atomic E-state index is 4.48. The summed E-state index contributed by atoms with van der Waals surface area (Å²) in [5.74, 6) is 0.332. The largest absolute Gasteiger partial charge is 0.309 e. The molecule has 2 atom stereocenters. The Kier molecular flexibility index (Phi) is 5.57. The van der Waals surface area contributed by atoms with E-state index in [0.717, 1.165) is 20.5 Å². The maximum Gasteiger partial charge on any atom is 0.0843 e. The fraction of sp³-hybridized carbons (Fsp3) is 0.357. The van der Waals surface area contributed by atoms with Crippen molar-refractivity contribution in [2.24, 2.45) is 0 Å². The zero-order valence-electron chi connectivity index (χ0n) is 10.9. The average molecular weight is 404 g/mol. The van der Waals surface area contributed by atoms with Crippen LogP contribution in [0.4, 0.5) is 0 Å². The Morgan fingerprint density at radius 1 is 1.37 bits per heavy atom. The van der Waals surface area contributed by atoms with Crippen molar-refractivity contribution in [3.05, 3.63) is 49.3 Å². The molecule has 0 aliphatic heterocycles. The molecule has 0 amide bonds. The van der Waals surface area contributed by atoms with Gasteiger partial charge in [-0.1, -0.05) is 19.9 Å². The van der Waals surface area contributed by atoms with E-state index in [9.17, 15) is 0 Å². The molecule has 2 aromatic rings. The standard InChI is InChI=1S/C14H16Br2N2S/c1-3-17-13(12-8-10(15)14(16)19-12)9(2)11-6-4-5-7-18-11/h4-9,13,17H,3H2,1-2H3. The highest BCUT2D eigenvalue weighted by molar-refractivity contribution is 9.13. The van der Waals surface area contributed by atoms with Crippen LogP contribution in [0, 0.1) is 0 Å². The van der Waals surface area contributed by atoms with E-state index in [2.05, 4.69) is 68.1 Å². The summed E-state index contributed by atoms with van der Waals surface area (Å²) in [6, 6.07) is 8.56. The summed E-state index contributed by atoms with van der Waals surface area (Å²) in [6.45, 7) is 5.29. The first-order valence-corrected chi connectivity index (χ1v) is 8.62. The molecule has 0 bridgehead atoms. The Labute approximate surface area is 134 Å². The summed E-state index contributed by atoms with van der Waals surface area (Å²) in [5, 5.41) is 3.57. The summed E-state index contributed by atoms with van der Waals surface area (Å²) in [4.78, 5) is 5.80. The van der Waals surface area contributed by atoms with Gasteiger partial charge in [-0.25, -0.2) is 0 Å². The molecular formula is C14H16Br2N2S. The Balaban J connectivity index is 2.29. The number of hydrogen-bond donors (Lipinski definition) is 1. The quantitative estimate of drug-likeness (QED) is 0.748. The third-order valence-corrected chi connectivity index (χ3v) is 6.39. The third-order valence-electron chi connectivity index (χ3n) is 3.05. The molecular weight excluding hydrogens is 388 g/mol. The number of rotatable bonds is 5. The molecule has 0 saturated heterocycles. The van der Waals surface area contributed by atoms with Gasteiger partial charge in [0.25, 0.3) is 0 Å². The van der Waals surface area contributed by atoms with Crippen LogP contribution in [-0.4, -0.2) is 11.5 Å². The van der Waals surface area contributed by atoms with Crippen LogP contribution < -0.4 is 5.32 Å². The first kappa shape index (κ1) is 15.2. The predicted molar refractivity (Wildman–Crippen MR) is 88.8 cm³/mol. The van der Waals surface area contributed by atoms with Gasteiger partial charge >= 0.3 is 0 Å². The highest BCUT2D eigenvalue weighted by Gasteiger charge is 2.23. The zero-order chi connectivity index (χ0) is 13.8. The monoisotopic (exact) mass is 402 g/mol. The fourth-order valence-electron chi connectivity index (χ4n) is 2.08. The van der Waals surface area contributed by atoms with Crippen LogP contribution in [0.3, 0.4) is 0 Å². The second kappa shape index (κ2) is 6.97. The molecule has 2 heterocycles. The smallest absolute Gasteiger partial charge is 0.0843 e. The van der Waals surface area contributed by atoms with Gasteiger partial charge < -0.3 is 5.32 Å². The van der Waals surface area contributed by atoms with E-state index in [4.69, 9.17) is 0 Å². The zero-order valence-corrected chi connectivity index (χ0v) is 14.8. The molecule has 0 radical (unpaired) electrons. The van der Waals surface area contributed by atoms with Crippen LogP contribution in [0.2, 0.25) is 0 Å². The molecule has 0 aliphatic rings. The van der Waals surface area contributed by atoms with E-state index in [0.29, 0.717) is 5.92 Å². The van der Waals surface area contributed by atoms with Gasteiger partial charge in [0.2, 0.25) is 0 Å². The Morgan fingerprint density at radius 3 is 2.68 bits per heavy atom. The van der Waals surface area contributed by atoms with Crippen molar-refractivity contribution in [2.75, 3.05) is 6.54 Å². The van der Waals surface area contributed by atoms with Crippen molar-refractivity contribution in [1.29, 1.82) is 0 Å². The summed E-state index contributed by atoms with van der Waals surface area (Å²) >= 11 is 8.89. The molecule has 0 spiro atoms. The molecule has 0 saturated carbocycles. The van der Waals surface area contributed by atoms with Crippen LogP contribution in [0.15, 0.2) is 38.7 Å². The number of likely N-dealkylation sites (N-methyl/N-ethyl adjacent to an activating group) is 1. The lowest BCUT2D eigenvalue weighted by Gasteiger charge is -2.23. The maximum atomic E-state index is 4.48. The summed E-state index contributed by atoms with van der Waals surface area (Å²) in [6.07, 6.45) is 1.86. The molecule has 2 nitrogen and oxygen atoms in total. The molecule has 19 heavy (non-hydrogen) atoms. The van der Waals surface area contributed by atoms with Crippen molar-refractivity contribution in [3.8, 4) is 0 Å². The number of thiophene rings is 1. The van der Waals surface area contributed by atoms with Gasteiger partial charge in [0.1, 0.15) is 0 Å². The Hall–Kier alpha value is -0.230. The van der Waals surface area contributed by atoms with Crippen LogP contribution in [-0.2, 0) is 0 Å². The number of pyridine rings is 1. The fourth-order valence-corrected chi connectivity index (χ4v) is 4.35. The summed E-state index contributed by atoms with van der Waals surface area (Å²) in [5.41, 5.74) is 1.12. The molecule has 1 N–H and O–H groups in total. The van der Waals surface area contributed by atoms with Gasteiger partial charge in [-0.15, -0.1) is 11.3 Å². The van der Waals surface area contributed by atoms with Crippen LogP contribution in [0.25, 0.3) is 0 Å². The van der Waals surface area contributed by atoms with Crippen LogP contribution >= 0.6 is 43.2 Å². The van der Waals surface area contributed by atoms with Crippen molar-refractivity contribution in [1.82, 2.24) is 10.3 Å². The number of hydrogen-bond acceptors (Lipinski definition) is 3. The number of halogens is 2. The molecule has 0 fully saturated rings. The van der Waals surface area contributed by atoms with E-state index >= 15 is 0 Å². The summed E-state index contributed by atoms with van der Waals surface area (Å²) in [7, 11) is 0. The molecule has 2 rings (SSSR count). The lowest BCUT2D eigenvalue weighted by Crippen LogP contribution is -2.25. The van der Waals surface area contributed by atoms with Gasteiger partial charge in [0, 0.05) is 33.2 Å². The minimum atomic E-state index is 0.285. The molecule has 0 aromatic carbocycles. The number of nitrogens with zero attached hydrogens (tertiary/aromatic N) is 1. The van der Waals surface area contributed by atoms with E-state index in [1.807, 2.05) is 18.3 Å². The highest BCUT2D eigenvalue weighted by atomic mass is 79.9. The van der Waals surface area contributed by atoms with Gasteiger partial charge in [0.05, 0.1) is 3.79 Å². The van der Waals surface area contributed by atoms with Gasteiger partial charge in [-0.05, 0) is 56.6 Å². The molecule has 2 aromatic heterocycles. The van der Waals surface area contributed by atoms with E-state index in [-0.39, 0.29) is 6.04 Å². The van der Waals surface area contributed by atoms with Crippen molar-refractivity contribution < 1.29 is 0 Å². The lowest BCUT2D eigenvalue weighted by molar-refractivity contribution is 0.479. The Bertz CT molecular complexity index is 508. The van der Waals surface area contributed by atoms with Gasteiger partial charge in [0.15, 0.2) is 0 Å². The van der Waals surface area contributed by atoms with Crippen molar-refractivity contribution >= 4 is 43.2 Å². The SMILES string of the molecule is CCNC(c1cc(Br)c(Br)s1)C(C)c1ccccn1. The molecule has 102 valence electrons. The summed E-state index contributed by atoms with van der Waals surface area (Å²) < 4.78 is 2.25. The minimum absolute atomic E-state index is 0.285. The van der Waals surface area contributed by atoms with Crippen LogP contribution in [0.5, 0.6) is 0 Å². The molecule has 2 unspecified atom stereocenters. The molecule has 0 aliphatic carbocycles. The van der Waals surface area contributed by atoms with Crippen molar-refractivity contribution in [2.45, 2.75) is 25.8 Å². The van der Waals surface area contributed by atoms with Gasteiger partial charge in [-0.2, -0.15) is 0 Å². The highest BCUT2D eigenvalue weighted by Crippen LogP contribution is 2.39. The van der Waals surface area contributed by atoms with Crippen LogP contribution in [0.1, 0.15) is 36.4 Å². The van der Waals surface area contributed by atoms with Gasteiger partial charge in [-0.3, -0.25) is 4.98 Å². The third kappa shape index (κ3) is 3.66. The lowest BCUT2D eigenvalue weighted by atomic mass is 9.96. The Morgan fingerprint density at radius 2 is 2.16 bits per heavy atom. The predicted octanol–water partition coefficient (Wildman–Crippen LogP) is 5.12. The first-order chi connectivity index (χ1) is 9.13. The average Bonchev–Trinajstić information content (AvgIpc) is 2.76. The van der Waals surface area contributed by atoms with E-state index in [1.165, 1.54) is 4.88 Å². The van der Waals surface area contributed by atoms with Crippen molar-refractivity contribution in [3.63, 3.8) is 0 Å². The first-order valence-electron chi connectivity index (χ1n) is 6.22. The van der Waals surface area contributed by atoms with E-state index in [1.54, 1.807) is 11.3 Å². The number of nitrogens with one attached hydrogen (secondary N) is 1. The topological polar surface area (TPSA) is 24.9 Å².